The first-order valence-electron chi connectivity index (χ1n) is 8.49. The van der Waals surface area contributed by atoms with Crippen LogP contribution in [0.3, 0.4) is 0 Å². The van der Waals surface area contributed by atoms with Gasteiger partial charge in [-0.05, 0) is 43.3 Å². The SMILES string of the molecule is Cc1ccc(O)c(C(=O)OCC(=O)c2ccc(NC(=O)C(C)(C)C)cc2)c1. The number of hydrogen-bond acceptors (Lipinski definition) is 5. The van der Waals surface area contributed by atoms with E-state index in [0.29, 0.717) is 11.3 Å². The molecule has 142 valence electrons. The number of amides is 1. The van der Waals surface area contributed by atoms with Crippen LogP contribution in [0.15, 0.2) is 42.5 Å². The summed E-state index contributed by atoms with van der Waals surface area (Å²) in [4.78, 5) is 36.2. The highest BCUT2D eigenvalue weighted by molar-refractivity contribution is 6.00. The fraction of sp³-hybridized carbons (Fsp3) is 0.286. The standard InChI is InChI=1S/C21H23NO5/c1-13-5-10-17(23)16(11-13)19(25)27-12-18(24)14-6-8-15(9-7-14)22-20(26)21(2,3)4/h5-11,23H,12H2,1-4H3,(H,22,26). The van der Waals surface area contributed by atoms with E-state index in [2.05, 4.69) is 5.32 Å². The molecule has 0 aliphatic carbocycles. The molecule has 2 aromatic carbocycles. The van der Waals surface area contributed by atoms with Crippen molar-refractivity contribution < 1.29 is 24.2 Å². The molecule has 2 rings (SSSR count). The number of aromatic hydroxyl groups is 1. The van der Waals surface area contributed by atoms with Gasteiger partial charge in [0.25, 0.3) is 0 Å². The molecular formula is C21H23NO5. The van der Waals surface area contributed by atoms with Gasteiger partial charge in [-0.3, -0.25) is 9.59 Å². The van der Waals surface area contributed by atoms with E-state index >= 15 is 0 Å². The summed E-state index contributed by atoms with van der Waals surface area (Å²) in [5, 5.41) is 12.5. The first kappa shape index (κ1) is 20.2. The average Bonchev–Trinajstić information content (AvgIpc) is 2.61. The molecule has 2 N–H and O–H groups in total. The Balaban J connectivity index is 1.97. The summed E-state index contributed by atoms with van der Waals surface area (Å²) in [5.41, 5.74) is 1.21. The van der Waals surface area contributed by atoms with E-state index in [1.807, 2.05) is 0 Å². The molecule has 6 nitrogen and oxygen atoms in total. The second kappa shape index (κ2) is 8.03. The van der Waals surface area contributed by atoms with Crippen molar-refractivity contribution >= 4 is 23.3 Å². The highest BCUT2D eigenvalue weighted by Gasteiger charge is 2.21. The van der Waals surface area contributed by atoms with Crippen molar-refractivity contribution in [3.63, 3.8) is 0 Å². The third kappa shape index (κ3) is 5.41. The molecule has 0 bridgehead atoms. The number of benzene rings is 2. The van der Waals surface area contributed by atoms with Gasteiger partial charge in [0, 0.05) is 16.7 Å². The third-order valence-corrected chi connectivity index (χ3v) is 3.85. The van der Waals surface area contributed by atoms with Crippen LogP contribution < -0.4 is 5.32 Å². The molecule has 0 fully saturated rings. The van der Waals surface area contributed by atoms with Gasteiger partial charge < -0.3 is 15.2 Å². The normalized spacial score (nSPS) is 11.0. The summed E-state index contributed by atoms with van der Waals surface area (Å²) in [7, 11) is 0. The average molecular weight is 369 g/mol. The Morgan fingerprint density at radius 1 is 1.04 bits per heavy atom. The second-order valence-electron chi connectivity index (χ2n) is 7.30. The number of hydrogen-bond donors (Lipinski definition) is 2. The van der Waals surface area contributed by atoms with Crippen molar-refractivity contribution in [3.8, 4) is 5.75 Å². The van der Waals surface area contributed by atoms with Crippen LogP contribution in [0.2, 0.25) is 0 Å². The van der Waals surface area contributed by atoms with Gasteiger partial charge in [-0.25, -0.2) is 4.79 Å². The lowest BCUT2D eigenvalue weighted by molar-refractivity contribution is -0.123. The molecule has 0 atom stereocenters. The third-order valence-electron chi connectivity index (χ3n) is 3.85. The Bertz CT molecular complexity index is 863. The molecule has 6 heteroatoms. The number of ketones is 1. The molecule has 0 aromatic heterocycles. The molecule has 1 amide bonds. The van der Waals surface area contributed by atoms with E-state index in [0.717, 1.165) is 5.56 Å². The van der Waals surface area contributed by atoms with E-state index in [9.17, 15) is 19.5 Å². The number of carbonyl (C=O) groups is 3. The summed E-state index contributed by atoms with van der Waals surface area (Å²) < 4.78 is 5.00. The van der Waals surface area contributed by atoms with Gasteiger partial charge in [0.15, 0.2) is 12.4 Å². The van der Waals surface area contributed by atoms with Gasteiger partial charge >= 0.3 is 5.97 Å². The number of phenols is 1. The van der Waals surface area contributed by atoms with Gasteiger partial charge in [-0.1, -0.05) is 32.4 Å². The lowest BCUT2D eigenvalue weighted by Crippen LogP contribution is -2.27. The molecule has 2 aromatic rings. The number of nitrogens with one attached hydrogen (secondary N) is 1. The zero-order valence-corrected chi connectivity index (χ0v) is 15.8. The van der Waals surface area contributed by atoms with E-state index in [1.165, 1.54) is 12.1 Å². The van der Waals surface area contributed by atoms with Crippen molar-refractivity contribution in [1.29, 1.82) is 0 Å². The van der Waals surface area contributed by atoms with Crippen molar-refractivity contribution in [2.45, 2.75) is 27.7 Å². The minimum atomic E-state index is -0.765. The van der Waals surface area contributed by atoms with E-state index in [1.54, 1.807) is 58.0 Å². The number of esters is 1. The quantitative estimate of drug-likeness (QED) is 0.619. The highest BCUT2D eigenvalue weighted by atomic mass is 16.5. The molecule has 0 unspecified atom stereocenters. The predicted molar refractivity (Wildman–Crippen MR) is 102 cm³/mol. The summed E-state index contributed by atoms with van der Waals surface area (Å²) in [5.74, 6) is -1.48. The minimum absolute atomic E-state index is 0.0167. The molecule has 0 aliphatic heterocycles. The fourth-order valence-corrected chi connectivity index (χ4v) is 2.16. The molecular weight excluding hydrogens is 346 g/mol. The highest BCUT2D eigenvalue weighted by Crippen LogP contribution is 2.20. The second-order valence-corrected chi connectivity index (χ2v) is 7.30. The van der Waals surface area contributed by atoms with Gasteiger partial charge in [0.1, 0.15) is 11.3 Å². The summed E-state index contributed by atoms with van der Waals surface area (Å²) in [6.45, 7) is 6.75. The Morgan fingerprint density at radius 3 is 2.26 bits per heavy atom. The summed E-state index contributed by atoms with van der Waals surface area (Å²) >= 11 is 0. The zero-order chi connectivity index (χ0) is 20.2. The zero-order valence-electron chi connectivity index (χ0n) is 15.8. The monoisotopic (exact) mass is 369 g/mol. The topological polar surface area (TPSA) is 92.7 Å². The summed E-state index contributed by atoms with van der Waals surface area (Å²) in [6.07, 6.45) is 0. The Labute approximate surface area is 158 Å². The molecule has 0 spiro atoms. The first-order chi connectivity index (χ1) is 12.6. The number of Topliss-reactive ketones (excluding diaryl/α,β-unsaturated/α-hetero) is 1. The number of anilines is 1. The Hall–Kier alpha value is -3.15. The van der Waals surface area contributed by atoms with E-state index < -0.39 is 18.0 Å². The largest absolute Gasteiger partial charge is 0.507 e. The maximum atomic E-state index is 12.2. The number of ether oxygens (including phenoxy) is 1. The number of carbonyl (C=O) groups excluding carboxylic acids is 3. The van der Waals surface area contributed by atoms with Crippen molar-refractivity contribution in [3.05, 3.63) is 59.2 Å². The van der Waals surface area contributed by atoms with Crippen LogP contribution in [0.5, 0.6) is 5.75 Å². The number of aryl methyl sites for hydroxylation is 1. The van der Waals surface area contributed by atoms with Crippen molar-refractivity contribution in [1.82, 2.24) is 0 Å². The molecule has 0 saturated heterocycles. The van der Waals surface area contributed by atoms with Crippen LogP contribution in [0.4, 0.5) is 5.69 Å². The van der Waals surface area contributed by atoms with Crippen molar-refractivity contribution in [2.75, 3.05) is 11.9 Å². The van der Waals surface area contributed by atoms with Gasteiger partial charge in [-0.15, -0.1) is 0 Å². The van der Waals surface area contributed by atoms with Crippen molar-refractivity contribution in [2.24, 2.45) is 5.41 Å². The molecule has 0 radical (unpaired) electrons. The number of phenolic OH excluding ortho intramolecular Hbond substituents is 1. The van der Waals surface area contributed by atoms with E-state index in [4.69, 9.17) is 4.74 Å². The Kier molecular flexibility index (Phi) is 6.00. The lowest BCUT2D eigenvalue weighted by atomic mass is 9.95. The van der Waals surface area contributed by atoms with Crippen LogP contribution >= 0.6 is 0 Å². The summed E-state index contributed by atoms with van der Waals surface area (Å²) in [6, 6.07) is 10.9. The van der Waals surface area contributed by atoms with Crippen LogP contribution in [0.25, 0.3) is 0 Å². The molecule has 27 heavy (non-hydrogen) atoms. The first-order valence-corrected chi connectivity index (χ1v) is 8.49. The maximum absolute atomic E-state index is 12.2. The van der Waals surface area contributed by atoms with Crippen LogP contribution in [0.1, 0.15) is 47.1 Å². The maximum Gasteiger partial charge on any atom is 0.342 e. The van der Waals surface area contributed by atoms with Gasteiger partial charge in [0.2, 0.25) is 5.91 Å². The number of rotatable bonds is 5. The fourth-order valence-electron chi connectivity index (χ4n) is 2.16. The Morgan fingerprint density at radius 2 is 1.67 bits per heavy atom. The molecule has 0 saturated carbocycles. The van der Waals surface area contributed by atoms with Gasteiger partial charge in [-0.2, -0.15) is 0 Å². The smallest absolute Gasteiger partial charge is 0.342 e. The molecule has 0 aliphatic rings. The van der Waals surface area contributed by atoms with Crippen LogP contribution in [-0.2, 0) is 9.53 Å². The molecule has 0 heterocycles. The van der Waals surface area contributed by atoms with Crippen LogP contribution in [-0.4, -0.2) is 29.4 Å². The van der Waals surface area contributed by atoms with E-state index in [-0.39, 0.29) is 23.0 Å². The lowest BCUT2D eigenvalue weighted by Gasteiger charge is -2.17. The minimum Gasteiger partial charge on any atom is -0.507 e. The van der Waals surface area contributed by atoms with Crippen LogP contribution in [0, 0.1) is 12.3 Å². The predicted octanol–water partition coefficient (Wildman–Crippen LogP) is 3.72. The van der Waals surface area contributed by atoms with Gasteiger partial charge in [0.05, 0.1) is 0 Å².